The van der Waals surface area contributed by atoms with E-state index in [1.165, 1.54) is 19.1 Å². The number of allylic oxidation sites excluding steroid dienone is 2. The molecular formula is C33H43O21+. The Kier molecular flexibility index (Phi) is 11.6. The van der Waals surface area contributed by atoms with Crippen molar-refractivity contribution in [1.82, 2.24) is 0 Å². The van der Waals surface area contributed by atoms with Crippen LogP contribution in [-0.4, -0.2) is 188 Å². The Morgan fingerprint density at radius 2 is 1.20 bits per heavy atom. The summed E-state index contributed by atoms with van der Waals surface area (Å²) in [7, 11) is 0. The van der Waals surface area contributed by atoms with Gasteiger partial charge in [-0.2, -0.15) is 0 Å². The fourth-order valence-electron chi connectivity index (χ4n) is 6.40. The van der Waals surface area contributed by atoms with Gasteiger partial charge in [-0.1, -0.05) is 0 Å². The Hall–Kier alpha value is -3.78. The van der Waals surface area contributed by atoms with Gasteiger partial charge in [-0.05, 0) is 6.92 Å². The van der Waals surface area contributed by atoms with Gasteiger partial charge in [0.1, 0.15) is 78.7 Å². The zero-order chi connectivity index (χ0) is 39.3. The van der Waals surface area contributed by atoms with Crippen LogP contribution in [0.5, 0.6) is 17.2 Å². The number of phenols is 3. The fraction of sp³-hybridized carbons (Fsp3) is 0.576. The Bertz CT molecular complexity index is 1630. The van der Waals surface area contributed by atoms with Crippen LogP contribution in [0.3, 0.4) is 0 Å². The van der Waals surface area contributed by atoms with Crippen LogP contribution in [0.2, 0.25) is 0 Å². The summed E-state index contributed by atoms with van der Waals surface area (Å²) in [5.74, 6) is -3.58. The predicted octanol–water partition coefficient (Wildman–Crippen LogP) is -4.87. The van der Waals surface area contributed by atoms with Gasteiger partial charge in [0.2, 0.25) is 24.4 Å². The molecule has 3 saturated heterocycles. The van der Waals surface area contributed by atoms with Gasteiger partial charge in [0.15, 0.2) is 23.5 Å². The van der Waals surface area contributed by atoms with Crippen LogP contribution >= 0.6 is 0 Å². The lowest BCUT2D eigenvalue weighted by atomic mass is 9.96. The first-order valence-electron chi connectivity index (χ1n) is 16.7. The van der Waals surface area contributed by atoms with E-state index in [9.17, 15) is 71.5 Å². The Labute approximate surface area is 304 Å². The molecule has 0 spiro atoms. The average molecular weight is 776 g/mol. The van der Waals surface area contributed by atoms with E-state index < -0.39 is 134 Å². The molecule has 8 unspecified atom stereocenters. The standard InChI is InChI=1S/C33H42O21/c1-9-20(38)24(42)27(45)31(49-9)48-8-19-23(41)26(44)29(47)33(54-19)52-17-6-12-15(50-30(17)10-2-13(36)21(39)14(37)3-10)4-11(35)5-16(12)51-32-28(46)25(43)22(40)18(7-34)53-32/h2-6,9,15,18-20,22-29,31-47H,7-8H2,1H3/p+1/t9?,15?,18?,19?,20-,22+,23+,24-,25-,26?,27?,28?,29?,31+,32+,33+/m0/s1. The summed E-state index contributed by atoms with van der Waals surface area (Å²) in [6.45, 7) is 0.0319. The van der Waals surface area contributed by atoms with Crippen molar-refractivity contribution in [3.8, 4) is 17.2 Å². The van der Waals surface area contributed by atoms with Crippen molar-refractivity contribution < 1.29 is 105 Å². The lowest BCUT2D eigenvalue weighted by molar-refractivity contribution is -0.323. The molecule has 1 aliphatic carbocycles. The number of hydrogen-bond donors (Lipinski definition) is 14. The SMILES string of the molecule is CC1O[C@@H](OCC2O[C@@H](OC3=C(c4cc(O)c(O)c(O)c4)[OH+]C4C=C(O)C=C(O[C@@H]5OC(CO)[C@@H](O)[C@H](O)C5O)C4=C3)C(O)C(O)[C@@H]2O)C(O)[C@@H](O)[C@H]1O. The highest BCUT2D eigenvalue weighted by Gasteiger charge is 2.50. The third-order valence-corrected chi connectivity index (χ3v) is 9.58. The molecule has 0 amide bonds. The lowest BCUT2D eigenvalue weighted by Gasteiger charge is -2.42. The summed E-state index contributed by atoms with van der Waals surface area (Å²) in [5, 5.41) is 145. The molecule has 0 aromatic heterocycles. The summed E-state index contributed by atoms with van der Waals surface area (Å²) < 4.78 is 38.5. The van der Waals surface area contributed by atoms with Crippen molar-refractivity contribution in [2.24, 2.45) is 0 Å². The monoisotopic (exact) mass is 775 g/mol. The number of phenolic OH excluding ortho intramolecular Hbond substituents is 3. The van der Waals surface area contributed by atoms with E-state index in [0.29, 0.717) is 0 Å². The van der Waals surface area contributed by atoms with Crippen molar-refractivity contribution in [2.45, 2.75) is 105 Å². The number of aliphatic hydroxyl groups excluding tert-OH is 11. The minimum atomic E-state index is -1.97. The third-order valence-electron chi connectivity index (χ3n) is 9.58. The van der Waals surface area contributed by atoms with Crippen molar-refractivity contribution in [3.05, 3.63) is 58.8 Å². The van der Waals surface area contributed by atoms with E-state index in [1.807, 2.05) is 0 Å². The maximum atomic E-state index is 11.0. The maximum absolute atomic E-state index is 11.0. The Morgan fingerprint density at radius 3 is 1.83 bits per heavy atom. The second-order valence-electron chi connectivity index (χ2n) is 13.3. The molecule has 54 heavy (non-hydrogen) atoms. The molecule has 4 aliphatic heterocycles. The quantitative estimate of drug-likeness (QED) is 0.0826. The van der Waals surface area contributed by atoms with Crippen LogP contribution in [0, 0.1) is 0 Å². The van der Waals surface area contributed by atoms with Gasteiger partial charge in [0.25, 0.3) is 0 Å². The van der Waals surface area contributed by atoms with Crippen LogP contribution in [-0.2, 0) is 28.4 Å². The zero-order valence-corrected chi connectivity index (χ0v) is 28.2. The normalized spacial score (nSPS) is 41.2. The van der Waals surface area contributed by atoms with Crippen molar-refractivity contribution in [3.63, 3.8) is 0 Å². The zero-order valence-electron chi connectivity index (χ0n) is 28.2. The van der Waals surface area contributed by atoms with E-state index in [4.69, 9.17) is 28.4 Å². The Balaban J connectivity index is 1.32. The molecule has 300 valence electrons. The van der Waals surface area contributed by atoms with E-state index in [-0.39, 0.29) is 28.4 Å². The topological polar surface area (TPSA) is 351 Å². The number of aromatic hydroxyl groups is 3. The van der Waals surface area contributed by atoms with E-state index in [1.54, 1.807) is 0 Å². The third kappa shape index (κ3) is 7.56. The van der Waals surface area contributed by atoms with E-state index in [2.05, 4.69) is 4.74 Å². The molecule has 6 rings (SSSR count). The smallest absolute Gasteiger partial charge is 0.305 e. The van der Waals surface area contributed by atoms with Gasteiger partial charge in [0, 0.05) is 24.3 Å². The van der Waals surface area contributed by atoms with Crippen LogP contribution in [0.1, 0.15) is 12.5 Å². The summed E-state index contributed by atoms with van der Waals surface area (Å²) in [6.07, 6.45) is -22.3. The predicted molar refractivity (Wildman–Crippen MR) is 172 cm³/mol. The minimum Gasteiger partial charge on any atom is -0.571 e. The fourth-order valence-corrected chi connectivity index (χ4v) is 6.40. The summed E-state index contributed by atoms with van der Waals surface area (Å²) in [6, 6.07) is 2.00. The molecule has 4 heterocycles. The lowest BCUT2D eigenvalue weighted by Crippen LogP contribution is -2.61. The van der Waals surface area contributed by atoms with Crippen LogP contribution in [0.15, 0.2) is 53.2 Å². The van der Waals surface area contributed by atoms with Gasteiger partial charge in [-0.3, -0.25) is 0 Å². The van der Waals surface area contributed by atoms with Crippen molar-refractivity contribution in [2.75, 3.05) is 13.2 Å². The molecule has 5 aliphatic rings. The first-order valence-corrected chi connectivity index (χ1v) is 16.7. The molecule has 3 fully saturated rings. The number of aliphatic hydroxyl groups is 13. The van der Waals surface area contributed by atoms with Gasteiger partial charge < -0.3 is 105 Å². The van der Waals surface area contributed by atoms with Crippen LogP contribution in [0.25, 0.3) is 5.76 Å². The van der Waals surface area contributed by atoms with Crippen molar-refractivity contribution >= 4 is 5.76 Å². The highest BCUT2D eigenvalue weighted by molar-refractivity contribution is 5.71. The van der Waals surface area contributed by atoms with Crippen LogP contribution < -0.4 is 0 Å². The average Bonchev–Trinajstić information content (AvgIpc) is 3.14. The Morgan fingerprint density at radius 1 is 0.648 bits per heavy atom. The van der Waals surface area contributed by atoms with E-state index in [0.717, 1.165) is 18.2 Å². The molecule has 1 aromatic carbocycles. The number of benzene rings is 1. The first-order chi connectivity index (χ1) is 25.5. The summed E-state index contributed by atoms with van der Waals surface area (Å²) >= 11 is 0. The number of fused-ring (bicyclic) bond motifs is 1. The molecule has 21 heteroatoms. The molecule has 0 bridgehead atoms. The van der Waals surface area contributed by atoms with Crippen molar-refractivity contribution in [1.29, 1.82) is 0 Å². The molecule has 0 saturated carbocycles. The maximum Gasteiger partial charge on any atom is 0.305 e. The van der Waals surface area contributed by atoms with Gasteiger partial charge >= 0.3 is 5.76 Å². The second kappa shape index (κ2) is 15.8. The molecule has 21 nitrogen and oxygen atoms in total. The number of hydrogen-bond acceptors (Lipinski definition) is 20. The molecular weight excluding hydrogens is 732 g/mol. The molecule has 0 radical (unpaired) electrons. The van der Waals surface area contributed by atoms with Gasteiger partial charge in [-0.15, -0.1) is 0 Å². The first kappa shape index (κ1) is 39.9. The van der Waals surface area contributed by atoms with Crippen LogP contribution in [0.4, 0.5) is 0 Å². The summed E-state index contributed by atoms with van der Waals surface area (Å²) in [4.78, 5) is 0. The largest absolute Gasteiger partial charge is 0.571 e. The molecule has 15 N–H and O–H groups in total. The number of rotatable bonds is 9. The highest BCUT2D eigenvalue weighted by Crippen LogP contribution is 2.43. The molecule has 16 atom stereocenters. The number of ether oxygens (including phenoxy) is 7. The summed E-state index contributed by atoms with van der Waals surface area (Å²) in [5.41, 5.74) is -0.0178. The minimum absolute atomic E-state index is 0.0693. The van der Waals surface area contributed by atoms with E-state index >= 15 is 0 Å². The second-order valence-corrected chi connectivity index (χ2v) is 13.3. The van der Waals surface area contributed by atoms with Gasteiger partial charge in [0.05, 0.1) is 36.5 Å². The highest BCUT2D eigenvalue weighted by atomic mass is 16.7. The van der Waals surface area contributed by atoms with Gasteiger partial charge in [-0.25, -0.2) is 0 Å². The molecule has 1 aromatic rings.